The SMILES string of the molecule is CC1(c2ccccc2)c2ccccc2-c2ccc(N(c3ccc(-c4cccc5sc6ccccc6c45)cc3)c3cccc4c3-c3ccccc3C4(C)c3ccccc3)cc21. The van der Waals surface area contributed by atoms with Crippen molar-refractivity contribution < 1.29 is 0 Å². The molecule has 2 aliphatic rings. The van der Waals surface area contributed by atoms with Gasteiger partial charge in [-0.2, -0.15) is 0 Å². The van der Waals surface area contributed by atoms with Crippen LogP contribution in [0.3, 0.4) is 0 Å². The minimum atomic E-state index is -0.322. The van der Waals surface area contributed by atoms with Gasteiger partial charge in [-0.25, -0.2) is 0 Å². The van der Waals surface area contributed by atoms with Gasteiger partial charge in [-0.3, -0.25) is 0 Å². The lowest BCUT2D eigenvalue weighted by Crippen LogP contribution is -2.23. The standard InChI is InChI=1S/C58H41NS/c1-57(39-17-5-3-6-18-39)49-26-13-10-22-46(49)56-50(57)27-16-28-52(56)59(41-33-31-38(32-34-41)43-24-15-30-54-55(43)47-23-11-14-29-53(47)60-54)42-35-36-45-44-21-9-12-25-48(44)58(2,51(45)37-42)40-19-7-4-8-20-40/h3-37H,1-2H3. The Morgan fingerprint density at radius 2 is 0.917 bits per heavy atom. The number of nitrogens with zero attached hydrogens (tertiary/aromatic N) is 1. The Morgan fingerprint density at radius 1 is 0.383 bits per heavy atom. The first-order chi connectivity index (χ1) is 29.5. The predicted octanol–water partition coefficient (Wildman–Crippen LogP) is 15.9. The summed E-state index contributed by atoms with van der Waals surface area (Å²) >= 11 is 1.87. The van der Waals surface area contributed by atoms with Crippen LogP contribution in [0.25, 0.3) is 53.6 Å². The first-order valence-corrected chi connectivity index (χ1v) is 21.7. The quantitative estimate of drug-likeness (QED) is 0.162. The van der Waals surface area contributed by atoms with Crippen molar-refractivity contribution in [2.75, 3.05) is 4.90 Å². The number of hydrogen-bond donors (Lipinski definition) is 0. The van der Waals surface area contributed by atoms with Crippen LogP contribution in [-0.4, -0.2) is 0 Å². The summed E-state index contributed by atoms with van der Waals surface area (Å²) < 4.78 is 2.64. The summed E-state index contributed by atoms with van der Waals surface area (Å²) in [6.45, 7) is 4.81. The molecule has 1 nitrogen and oxygen atoms in total. The van der Waals surface area contributed by atoms with E-state index in [0.717, 1.165) is 11.4 Å². The average molecular weight is 784 g/mol. The Bertz CT molecular complexity index is 3290. The zero-order chi connectivity index (χ0) is 40.0. The number of thiophene rings is 1. The van der Waals surface area contributed by atoms with Gasteiger partial charge in [0.25, 0.3) is 0 Å². The molecule has 0 fully saturated rings. The highest BCUT2D eigenvalue weighted by Gasteiger charge is 2.44. The van der Waals surface area contributed by atoms with Crippen LogP contribution >= 0.6 is 11.3 Å². The summed E-state index contributed by atoms with van der Waals surface area (Å²) in [5.41, 5.74) is 18.4. The monoisotopic (exact) mass is 783 g/mol. The van der Waals surface area contributed by atoms with Crippen LogP contribution in [0.15, 0.2) is 212 Å². The molecule has 2 aliphatic carbocycles. The van der Waals surface area contributed by atoms with Crippen LogP contribution in [0.2, 0.25) is 0 Å². The molecule has 284 valence electrons. The van der Waals surface area contributed by atoms with E-state index in [1.807, 2.05) is 11.3 Å². The Kier molecular flexibility index (Phi) is 7.73. The fraction of sp³-hybridized carbons (Fsp3) is 0.0690. The smallest absolute Gasteiger partial charge is 0.0543 e. The minimum absolute atomic E-state index is 0.313. The van der Waals surface area contributed by atoms with E-state index in [4.69, 9.17) is 0 Å². The Morgan fingerprint density at radius 3 is 1.67 bits per heavy atom. The summed E-state index contributed by atoms with van der Waals surface area (Å²) in [5.74, 6) is 0. The van der Waals surface area contributed by atoms with Gasteiger partial charge < -0.3 is 4.90 Å². The highest BCUT2D eigenvalue weighted by atomic mass is 32.1. The molecule has 0 bridgehead atoms. The second-order valence-corrected chi connectivity index (χ2v) is 17.7. The van der Waals surface area contributed by atoms with Gasteiger partial charge >= 0.3 is 0 Å². The summed E-state index contributed by atoms with van der Waals surface area (Å²) in [6, 6.07) is 79.1. The fourth-order valence-corrected chi connectivity index (χ4v) is 11.9. The molecule has 12 rings (SSSR count). The topological polar surface area (TPSA) is 3.24 Å². The lowest BCUT2D eigenvalue weighted by molar-refractivity contribution is 0.713. The molecule has 1 heterocycles. The average Bonchev–Trinajstić information content (AvgIpc) is 3.92. The summed E-state index contributed by atoms with van der Waals surface area (Å²) in [7, 11) is 0. The van der Waals surface area contributed by atoms with Gasteiger partial charge in [-0.05, 0) is 118 Å². The third-order valence-corrected chi connectivity index (χ3v) is 14.8. The predicted molar refractivity (Wildman–Crippen MR) is 254 cm³/mol. The number of rotatable bonds is 6. The van der Waals surface area contributed by atoms with Gasteiger partial charge in [0, 0.05) is 47.9 Å². The van der Waals surface area contributed by atoms with E-state index in [-0.39, 0.29) is 10.8 Å². The van der Waals surface area contributed by atoms with Gasteiger partial charge in [0.15, 0.2) is 0 Å². The molecule has 0 saturated heterocycles. The zero-order valence-electron chi connectivity index (χ0n) is 33.6. The van der Waals surface area contributed by atoms with Crippen molar-refractivity contribution in [2.45, 2.75) is 24.7 Å². The first-order valence-electron chi connectivity index (χ1n) is 20.9. The van der Waals surface area contributed by atoms with Crippen LogP contribution < -0.4 is 4.90 Å². The van der Waals surface area contributed by atoms with E-state index >= 15 is 0 Å². The molecule has 2 heteroatoms. The van der Waals surface area contributed by atoms with E-state index in [0.29, 0.717) is 0 Å². The lowest BCUT2D eigenvalue weighted by atomic mass is 9.74. The highest BCUT2D eigenvalue weighted by molar-refractivity contribution is 7.25. The van der Waals surface area contributed by atoms with E-state index in [1.165, 1.54) is 92.6 Å². The molecule has 9 aromatic carbocycles. The Balaban J connectivity index is 1.09. The largest absolute Gasteiger partial charge is 0.310 e. The summed E-state index contributed by atoms with van der Waals surface area (Å²) in [4.78, 5) is 2.52. The molecule has 1 aromatic heterocycles. The van der Waals surface area contributed by atoms with Crippen LogP contribution in [-0.2, 0) is 10.8 Å². The molecule has 2 atom stereocenters. The lowest BCUT2D eigenvalue weighted by Gasteiger charge is -2.32. The maximum absolute atomic E-state index is 2.52. The molecule has 0 amide bonds. The van der Waals surface area contributed by atoms with Crippen LogP contribution in [0.5, 0.6) is 0 Å². The minimum Gasteiger partial charge on any atom is -0.310 e. The number of fused-ring (bicyclic) bond motifs is 9. The Labute approximate surface area is 355 Å². The number of benzene rings is 9. The van der Waals surface area contributed by atoms with Crippen molar-refractivity contribution in [1.82, 2.24) is 0 Å². The van der Waals surface area contributed by atoms with Gasteiger partial charge in [-0.1, -0.05) is 170 Å². The molecule has 0 spiro atoms. The normalized spacial score (nSPS) is 17.3. The number of hydrogen-bond acceptors (Lipinski definition) is 2. The first kappa shape index (κ1) is 35.0. The highest BCUT2D eigenvalue weighted by Crippen LogP contribution is 2.58. The van der Waals surface area contributed by atoms with Crippen molar-refractivity contribution in [3.05, 3.63) is 246 Å². The second-order valence-electron chi connectivity index (χ2n) is 16.7. The molecule has 0 N–H and O–H groups in total. The maximum atomic E-state index is 2.52. The van der Waals surface area contributed by atoms with Gasteiger partial charge in [0.2, 0.25) is 0 Å². The molecule has 0 radical (unpaired) electrons. The molecule has 0 aliphatic heterocycles. The molecular formula is C58H41NS. The van der Waals surface area contributed by atoms with E-state index in [9.17, 15) is 0 Å². The van der Waals surface area contributed by atoms with E-state index in [1.54, 1.807) is 0 Å². The van der Waals surface area contributed by atoms with Gasteiger partial charge in [0.1, 0.15) is 0 Å². The zero-order valence-corrected chi connectivity index (χ0v) is 34.4. The van der Waals surface area contributed by atoms with Crippen molar-refractivity contribution in [3.8, 4) is 33.4 Å². The van der Waals surface area contributed by atoms with Crippen LogP contribution in [0, 0.1) is 0 Å². The molecule has 0 saturated carbocycles. The van der Waals surface area contributed by atoms with E-state index in [2.05, 4.69) is 231 Å². The molecular weight excluding hydrogens is 743 g/mol. The number of anilines is 3. The van der Waals surface area contributed by atoms with E-state index < -0.39 is 0 Å². The van der Waals surface area contributed by atoms with Crippen molar-refractivity contribution in [3.63, 3.8) is 0 Å². The van der Waals surface area contributed by atoms with Crippen molar-refractivity contribution >= 4 is 48.6 Å². The fourth-order valence-electron chi connectivity index (χ4n) is 10.7. The van der Waals surface area contributed by atoms with Gasteiger partial charge in [0.05, 0.1) is 5.69 Å². The van der Waals surface area contributed by atoms with Gasteiger partial charge in [-0.15, -0.1) is 11.3 Å². The molecule has 60 heavy (non-hydrogen) atoms. The van der Waals surface area contributed by atoms with Crippen LogP contribution in [0.4, 0.5) is 17.1 Å². The summed E-state index contributed by atoms with van der Waals surface area (Å²) in [5, 5.41) is 2.65. The third kappa shape index (κ3) is 4.92. The van der Waals surface area contributed by atoms with Crippen LogP contribution in [0.1, 0.15) is 47.2 Å². The summed E-state index contributed by atoms with van der Waals surface area (Å²) in [6.07, 6.45) is 0. The maximum Gasteiger partial charge on any atom is 0.0543 e. The molecule has 2 unspecified atom stereocenters. The third-order valence-electron chi connectivity index (χ3n) is 13.7. The second kappa shape index (κ2) is 13.3. The Hall–Kier alpha value is -7.00. The van der Waals surface area contributed by atoms with Crippen molar-refractivity contribution in [2.24, 2.45) is 0 Å². The van der Waals surface area contributed by atoms with Crippen molar-refractivity contribution in [1.29, 1.82) is 0 Å². The molecule has 10 aromatic rings.